The van der Waals surface area contributed by atoms with Crippen molar-refractivity contribution >= 4 is 10.9 Å². The summed E-state index contributed by atoms with van der Waals surface area (Å²) in [6.45, 7) is 3.53. The summed E-state index contributed by atoms with van der Waals surface area (Å²) in [4.78, 5) is 2.62. The Hall–Kier alpha value is -2.06. The van der Waals surface area contributed by atoms with Gasteiger partial charge in [-0.05, 0) is 43.1 Å². The highest BCUT2D eigenvalue weighted by molar-refractivity contribution is 5.91. The van der Waals surface area contributed by atoms with E-state index in [1.165, 1.54) is 60.1 Å². The number of hydrogen-bond donors (Lipinski definition) is 0. The van der Waals surface area contributed by atoms with E-state index in [1.54, 1.807) is 0 Å². The minimum atomic E-state index is 1.06. The Balaban J connectivity index is 1.86. The van der Waals surface area contributed by atoms with Crippen molar-refractivity contribution in [2.24, 2.45) is 7.05 Å². The Morgan fingerprint density at radius 2 is 1.52 bits per heavy atom. The van der Waals surface area contributed by atoms with Crippen LogP contribution in [0.15, 0.2) is 54.6 Å². The number of likely N-dealkylation sites (tertiary alicyclic amines) is 1. The lowest BCUT2D eigenvalue weighted by Gasteiger charge is -2.26. The second-order valence-corrected chi connectivity index (χ2v) is 6.61. The molecule has 2 heterocycles. The van der Waals surface area contributed by atoms with Gasteiger partial charge < -0.3 is 4.57 Å². The number of aromatic nitrogens is 1. The largest absolute Gasteiger partial charge is 0.343 e. The SMILES string of the molecule is Cn1c(-c2ccccc2)c(CN2CCCCC2)c2ccccc21. The van der Waals surface area contributed by atoms with E-state index < -0.39 is 0 Å². The second-order valence-electron chi connectivity index (χ2n) is 6.61. The summed E-state index contributed by atoms with van der Waals surface area (Å²) < 4.78 is 2.37. The van der Waals surface area contributed by atoms with Crippen LogP contribution in [0.1, 0.15) is 24.8 Å². The van der Waals surface area contributed by atoms with Crippen molar-refractivity contribution in [1.82, 2.24) is 9.47 Å². The minimum Gasteiger partial charge on any atom is -0.343 e. The number of nitrogens with zero attached hydrogens (tertiary/aromatic N) is 2. The topological polar surface area (TPSA) is 8.17 Å². The lowest BCUT2D eigenvalue weighted by Crippen LogP contribution is -2.29. The van der Waals surface area contributed by atoms with Crippen LogP contribution in [0.25, 0.3) is 22.2 Å². The molecule has 0 unspecified atom stereocenters. The van der Waals surface area contributed by atoms with Gasteiger partial charge in [0.15, 0.2) is 0 Å². The van der Waals surface area contributed by atoms with Gasteiger partial charge in [-0.2, -0.15) is 0 Å². The minimum absolute atomic E-state index is 1.06. The van der Waals surface area contributed by atoms with Crippen LogP contribution in [-0.2, 0) is 13.6 Å². The molecule has 2 nitrogen and oxygen atoms in total. The van der Waals surface area contributed by atoms with Crippen LogP contribution in [0.3, 0.4) is 0 Å². The summed E-state index contributed by atoms with van der Waals surface area (Å²) in [6.07, 6.45) is 4.06. The molecule has 0 radical (unpaired) electrons. The first-order chi connectivity index (χ1) is 11.3. The molecule has 2 heteroatoms. The molecular weight excluding hydrogens is 280 g/mol. The summed E-state index contributed by atoms with van der Waals surface area (Å²) in [5, 5.41) is 1.40. The van der Waals surface area contributed by atoms with Crippen LogP contribution in [0.5, 0.6) is 0 Å². The number of fused-ring (bicyclic) bond motifs is 1. The van der Waals surface area contributed by atoms with Crippen molar-refractivity contribution in [3.63, 3.8) is 0 Å². The van der Waals surface area contributed by atoms with E-state index in [4.69, 9.17) is 0 Å². The van der Waals surface area contributed by atoms with Gasteiger partial charge >= 0.3 is 0 Å². The fourth-order valence-corrected chi connectivity index (χ4v) is 3.94. The molecule has 0 N–H and O–H groups in total. The monoisotopic (exact) mass is 304 g/mol. The van der Waals surface area contributed by atoms with Crippen LogP contribution in [0.2, 0.25) is 0 Å². The lowest BCUT2D eigenvalue weighted by molar-refractivity contribution is 0.222. The fourth-order valence-electron chi connectivity index (χ4n) is 3.94. The van der Waals surface area contributed by atoms with Crippen LogP contribution in [0, 0.1) is 0 Å². The average molecular weight is 304 g/mol. The zero-order valence-corrected chi connectivity index (χ0v) is 13.8. The van der Waals surface area contributed by atoms with E-state index in [-0.39, 0.29) is 0 Å². The zero-order valence-electron chi connectivity index (χ0n) is 13.8. The van der Waals surface area contributed by atoms with Crippen molar-refractivity contribution in [2.45, 2.75) is 25.8 Å². The molecule has 2 aromatic carbocycles. The Morgan fingerprint density at radius 1 is 0.826 bits per heavy atom. The van der Waals surface area contributed by atoms with Gasteiger partial charge in [0, 0.05) is 24.5 Å². The van der Waals surface area contributed by atoms with Crippen LogP contribution < -0.4 is 0 Å². The van der Waals surface area contributed by atoms with Crippen molar-refractivity contribution in [3.8, 4) is 11.3 Å². The quantitative estimate of drug-likeness (QED) is 0.673. The van der Waals surface area contributed by atoms with E-state index in [0.29, 0.717) is 0 Å². The van der Waals surface area contributed by atoms with Crippen LogP contribution in [-0.4, -0.2) is 22.6 Å². The smallest absolute Gasteiger partial charge is 0.0534 e. The summed E-state index contributed by atoms with van der Waals surface area (Å²) in [5.41, 5.74) is 5.50. The van der Waals surface area contributed by atoms with E-state index in [1.807, 2.05) is 0 Å². The van der Waals surface area contributed by atoms with Crippen LogP contribution in [0.4, 0.5) is 0 Å². The molecule has 0 bridgehead atoms. The number of rotatable bonds is 3. The highest BCUT2D eigenvalue weighted by Crippen LogP contribution is 2.34. The standard InChI is InChI=1S/C21H24N2/c1-22-20-13-7-6-12-18(20)19(16-23-14-8-3-9-15-23)21(22)17-10-4-2-5-11-17/h2,4-7,10-13H,3,8-9,14-16H2,1H3. The van der Waals surface area contributed by atoms with Gasteiger partial charge in [0.1, 0.15) is 0 Å². The molecule has 4 rings (SSSR count). The number of piperidine rings is 1. The number of benzene rings is 2. The van der Waals surface area contributed by atoms with Crippen molar-refractivity contribution in [1.29, 1.82) is 0 Å². The first-order valence-electron chi connectivity index (χ1n) is 8.68. The van der Waals surface area contributed by atoms with E-state index in [9.17, 15) is 0 Å². The Bertz CT molecular complexity index is 795. The second kappa shape index (κ2) is 6.21. The number of hydrogen-bond acceptors (Lipinski definition) is 1. The molecule has 1 aromatic heterocycles. The van der Waals surface area contributed by atoms with E-state index >= 15 is 0 Å². The van der Waals surface area contributed by atoms with Gasteiger partial charge in [-0.1, -0.05) is 55.0 Å². The molecule has 1 saturated heterocycles. The van der Waals surface area contributed by atoms with Crippen molar-refractivity contribution < 1.29 is 0 Å². The molecule has 0 aliphatic carbocycles. The maximum Gasteiger partial charge on any atom is 0.0534 e. The predicted octanol–water partition coefficient (Wildman–Crippen LogP) is 4.83. The summed E-state index contributed by atoms with van der Waals surface area (Å²) >= 11 is 0. The Labute approximate surface area is 138 Å². The van der Waals surface area contributed by atoms with Crippen LogP contribution >= 0.6 is 0 Å². The maximum atomic E-state index is 2.62. The Morgan fingerprint density at radius 3 is 2.30 bits per heavy atom. The highest BCUT2D eigenvalue weighted by Gasteiger charge is 2.19. The molecule has 1 fully saturated rings. The van der Waals surface area contributed by atoms with Gasteiger partial charge in [-0.25, -0.2) is 0 Å². The van der Waals surface area contributed by atoms with E-state index in [2.05, 4.69) is 71.1 Å². The van der Waals surface area contributed by atoms with Gasteiger partial charge in [-0.3, -0.25) is 4.90 Å². The van der Waals surface area contributed by atoms with Gasteiger partial charge in [0.2, 0.25) is 0 Å². The molecule has 0 spiro atoms. The first kappa shape index (κ1) is 14.5. The van der Waals surface area contributed by atoms with Crippen molar-refractivity contribution in [2.75, 3.05) is 13.1 Å². The predicted molar refractivity (Wildman–Crippen MR) is 97.5 cm³/mol. The van der Waals surface area contributed by atoms with E-state index in [0.717, 1.165) is 6.54 Å². The third-order valence-corrected chi connectivity index (χ3v) is 5.09. The summed E-state index contributed by atoms with van der Waals surface area (Å²) in [6, 6.07) is 19.6. The molecule has 118 valence electrons. The third kappa shape index (κ3) is 2.68. The van der Waals surface area contributed by atoms with Gasteiger partial charge in [0.25, 0.3) is 0 Å². The van der Waals surface area contributed by atoms with Crippen molar-refractivity contribution in [3.05, 3.63) is 60.2 Å². The van der Waals surface area contributed by atoms with Gasteiger partial charge in [-0.15, -0.1) is 0 Å². The first-order valence-corrected chi connectivity index (χ1v) is 8.68. The molecule has 0 atom stereocenters. The fraction of sp³-hybridized carbons (Fsp3) is 0.333. The third-order valence-electron chi connectivity index (χ3n) is 5.09. The summed E-state index contributed by atoms with van der Waals surface area (Å²) in [7, 11) is 2.20. The Kier molecular flexibility index (Phi) is 3.92. The molecular formula is C21H24N2. The number of aryl methyl sites for hydroxylation is 1. The normalized spacial score (nSPS) is 16.0. The molecule has 3 aromatic rings. The highest BCUT2D eigenvalue weighted by atomic mass is 15.1. The maximum absolute atomic E-state index is 2.62. The zero-order chi connectivity index (χ0) is 15.6. The molecule has 1 aliphatic heterocycles. The average Bonchev–Trinajstić information content (AvgIpc) is 2.89. The van der Waals surface area contributed by atoms with Gasteiger partial charge in [0.05, 0.1) is 5.69 Å². The molecule has 1 aliphatic rings. The summed E-state index contributed by atoms with van der Waals surface area (Å²) in [5.74, 6) is 0. The lowest BCUT2D eigenvalue weighted by atomic mass is 10.0. The molecule has 0 amide bonds. The molecule has 23 heavy (non-hydrogen) atoms. The molecule has 0 saturated carbocycles. The number of para-hydroxylation sites is 1.